The van der Waals surface area contributed by atoms with Gasteiger partial charge in [0.05, 0.1) is 21.0 Å². The largest absolute Gasteiger partial charge is 0.324 e. The molecule has 0 aliphatic carbocycles. The van der Waals surface area contributed by atoms with Crippen molar-refractivity contribution < 1.29 is 4.79 Å². The SMILES string of the molecule is CCCc1nc(S[C@H](C)C(=O)Nc2cccc(Cl)c2Cl)n[nH]1. The molecule has 2 N–H and O–H groups in total. The highest BCUT2D eigenvalue weighted by Gasteiger charge is 2.18. The number of benzene rings is 1. The molecule has 0 saturated carbocycles. The minimum Gasteiger partial charge on any atom is -0.324 e. The Morgan fingerprint density at radius 2 is 2.23 bits per heavy atom. The van der Waals surface area contributed by atoms with Gasteiger partial charge in [-0.3, -0.25) is 9.89 Å². The summed E-state index contributed by atoms with van der Waals surface area (Å²) in [4.78, 5) is 16.5. The lowest BCUT2D eigenvalue weighted by atomic mass is 10.3. The topological polar surface area (TPSA) is 70.7 Å². The van der Waals surface area contributed by atoms with Crippen LogP contribution in [0.15, 0.2) is 23.4 Å². The standard InChI is InChI=1S/C14H16Cl2N4OS/c1-3-5-11-18-14(20-19-11)22-8(2)13(21)17-10-7-4-6-9(15)12(10)16/h4,6-8H,3,5H2,1-2H3,(H,17,21)(H,18,19,20)/t8-/m1/s1. The van der Waals surface area contributed by atoms with Crippen LogP contribution in [-0.2, 0) is 11.2 Å². The number of H-pyrrole nitrogens is 1. The second-order valence-corrected chi connectivity index (χ2v) is 6.76. The Labute approximate surface area is 143 Å². The van der Waals surface area contributed by atoms with Gasteiger partial charge in [-0.1, -0.05) is 48.0 Å². The maximum atomic E-state index is 12.2. The molecule has 1 aromatic carbocycles. The first-order valence-corrected chi connectivity index (χ1v) is 8.47. The number of nitrogens with one attached hydrogen (secondary N) is 2. The molecular formula is C14H16Cl2N4OS. The maximum Gasteiger partial charge on any atom is 0.237 e. The van der Waals surface area contributed by atoms with Crippen LogP contribution in [-0.4, -0.2) is 26.3 Å². The molecule has 0 aliphatic heterocycles. The summed E-state index contributed by atoms with van der Waals surface area (Å²) in [6.45, 7) is 3.86. The number of hydrogen-bond donors (Lipinski definition) is 2. The highest BCUT2D eigenvalue weighted by Crippen LogP contribution is 2.30. The van der Waals surface area contributed by atoms with Gasteiger partial charge in [0, 0.05) is 6.42 Å². The summed E-state index contributed by atoms with van der Waals surface area (Å²) in [5.74, 6) is 0.645. The van der Waals surface area contributed by atoms with Crippen LogP contribution in [0.25, 0.3) is 0 Å². The molecule has 0 unspecified atom stereocenters. The van der Waals surface area contributed by atoms with Crippen LogP contribution in [0.4, 0.5) is 5.69 Å². The van der Waals surface area contributed by atoms with Crippen LogP contribution in [0.2, 0.25) is 10.0 Å². The number of aromatic amines is 1. The predicted octanol–water partition coefficient (Wildman–Crippen LogP) is 4.18. The Morgan fingerprint density at radius 1 is 1.45 bits per heavy atom. The lowest BCUT2D eigenvalue weighted by Gasteiger charge is -2.11. The van der Waals surface area contributed by atoms with Crippen LogP contribution in [0.5, 0.6) is 0 Å². The van der Waals surface area contributed by atoms with Gasteiger partial charge in [0.15, 0.2) is 0 Å². The van der Waals surface area contributed by atoms with E-state index in [2.05, 4.69) is 27.4 Å². The van der Waals surface area contributed by atoms with Gasteiger partial charge in [0.1, 0.15) is 5.82 Å². The monoisotopic (exact) mass is 358 g/mol. The van der Waals surface area contributed by atoms with E-state index in [4.69, 9.17) is 23.2 Å². The van der Waals surface area contributed by atoms with Crippen LogP contribution < -0.4 is 5.32 Å². The fraction of sp³-hybridized carbons (Fsp3) is 0.357. The van der Waals surface area contributed by atoms with Gasteiger partial charge >= 0.3 is 0 Å². The molecular weight excluding hydrogens is 343 g/mol. The number of hydrogen-bond acceptors (Lipinski definition) is 4. The van der Waals surface area contributed by atoms with Gasteiger partial charge in [0.25, 0.3) is 0 Å². The average Bonchev–Trinajstić information content (AvgIpc) is 2.91. The maximum absolute atomic E-state index is 12.2. The van der Waals surface area contributed by atoms with Crippen molar-refractivity contribution in [2.45, 2.75) is 37.1 Å². The molecule has 0 spiro atoms. The number of aryl methyl sites for hydroxylation is 1. The van der Waals surface area contributed by atoms with E-state index < -0.39 is 0 Å². The normalized spacial score (nSPS) is 12.2. The molecule has 0 aliphatic rings. The third kappa shape index (κ3) is 4.38. The molecule has 8 heteroatoms. The summed E-state index contributed by atoms with van der Waals surface area (Å²) in [6.07, 6.45) is 1.83. The average molecular weight is 359 g/mol. The predicted molar refractivity (Wildman–Crippen MR) is 90.8 cm³/mol. The van der Waals surface area contributed by atoms with Crippen LogP contribution in [0.3, 0.4) is 0 Å². The van der Waals surface area contributed by atoms with Crippen molar-refractivity contribution in [2.24, 2.45) is 0 Å². The van der Waals surface area contributed by atoms with E-state index in [1.807, 2.05) is 0 Å². The zero-order chi connectivity index (χ0) is 16.1. The Morgan fingerprint density at radius 3 is 2.95 bits per heavy atom. The summed E-state index contributed by atoms with van der Waals surface area (Å²) < 4.78 is 0. The summed E-state index contributed by atoms with van der Waals surface area (Å²) >= 11 is 13.3. The molecule has 22 heavy (non-hydrogen) atoms. The number of carbonyl (C=O) groups excluding carboxylic acids is 1. The number of carbonyl (C=O) groups is 1. The van der Waals surface area contributed by atoms with Gasteiger partial charge < -0.3 is 5.32 Å². The third-order valence-corrected chi connectivity index (χ3v) is 4.64. The van der Waals surface area contributed by atoms with E-state index in [0.29, 0.717) is 20.9 Å². The minimum absolute atomic E-state index is 0.184. The number of rotatable bonds is 6. The molecule has 0 radical (unpaired) electrons. The van der Waals surface area contributed by atoms with Gasteiger partial charge in [-0.15, -0.1) is 5.10 Å². The van der Waals surface area contributed by atoms with Crippen molar-refractivity contribution in [3.63, 3.8) is 0 Å². The highest BCUT2D eigenvalue weighted by atomic mass is 35.5. The molecule has 2 rings (SSSR count). The first kappa shape index (κ1) is 17.1. The fourth-order valence-electron chi connectivity index (χ4n) is 1.73. The molecule has 0 bridgehead atoms. The lowest BCUT2D eigenvalue weighted by Crippen LogP contribution is -2.22. The van der Waals surface area contributed by atoms with Crippen LogP contribution >= 0.6 is 35.0 Å². The number of thioether (sulfide) groups is 1. The van der Waals surface area contributed by atoms with E-state index in [-0.39, 0.29) is 11.2 Å². The lowest BCUT2D eigenvalue weighted by molar-refractivity contribution is -0.115. The first-order chi connectivity index (χ1) is 10.5. The van der Waals surface area contributed by atoms with Crippen LogP contribution in [0, 0.1) is 0 Å². The summed E-state index contributed by atoms with van der Waals surface area (Å²) in [5, 5.41) is 10.7. The van der Waals surface area contributed by atoms with Crippen molar-refractivity contribution in [3.8, 4) is 0 Å². The van der Waals surface area contributed by atoms with Crippen molar-refractivity contribution >= 4 is 46.6 Å². The number of amides is 1. The van der Waals surface area contributed by atoms with E-state index >= 15 is 0 Å². The summed E-state index contributed by atoms with van der Waals surface area (Å²) in [5.41, 5.74) is 0.494. The zero-order valence-electron chi connectivity index (χ0n) is 12.2. The molecule has 1 atom stereocenters. The molecule has 0 fully saturated rings. The molecule has 5 nitrogen and oxygen atoms in total. The number of nitrogens with zero attached hydrogens (tertiary/aromatic N) is 2. The molecule has 0 saturated heterocycles. The van der Waals surface area contributed by atoms with E-state index in [1.54, 1.807) is 25.1 Å². The Bertz CT molecular complexity index is 662. The summed E-state index contributed by atoms with van der Waals surface area (Å²) in [7, 11) is 0. The number of anilines is 1. The summed E-state index contributed by atoms with van der Waals surface area (Å²) in [6, 6.07) is 5.10. The van der Waals surface area contributed by atoms with Crippen LogP contribution in [0.1, 0.15) is 26.1 Å². The zero-order valence-corrected chi connectivity index (χ0v) is 14.5. The number of halogens is 2. The minimum atomic E-state index is -0.361. The van der Waals surface area contributed by atoms with Gasteiger partial charge in [0.2, 0.25) is 11.1 Å². The number of aromatic nitrogens is 3. The van der Waals surface area contributed by atoms with Crippen molar-refractivity contribution in [2.75, 3.05) is 5.32 Å². The Kier molecular flexibility index (Phi) is 6.11. The van der Waals surface area contributed by atoms with Crippen molar-refractivity contribution in [1.29, 1.82) is 0 Å². The van der Waals surface area contributed by atoms with E-state index in [1.165, 1.54) is 11.8 Å². The molecule has 2 aromatic rings. The fourth-order valence-corrected chi connectivity index (χ4v) is 2.82. The molecule has 1 heterocycles. The first-order valence-electron chi connectivity index (χ1n) is 6.84. The Hall–Kier alpha value is -1.24. The van der Waals surface area contributed by atoms with Crippen molar-refractivity contribution in [1.82, 2.24) is 15.2 Å². The molecule has 118 valence electrons. The van der Waals surface area contributed by atoms with E-state index in [9.17, 15) is 4.79 Å². The second kappa shape index (κ2) is 7.85. The van der Waals surface area contributed by atoms with Gasteiger partial charge in [-0.05, 0) is 25.5 Å². The Balaban J connectivity index is 1.98. The van der Waals surface area contributed by atoms with E-state index in [0.717, 1.165) is 18.7 Å². The molecule has 1 amide bonds. The quantitative estimate of drug-likeness (QED) is 0.759. The van der Waals surface area contributed by atoms with Gasteiger partial charge in [-0.2, -0.15) is 0 Å². The highest BCUT2D eigenvalue weighted by molar-refractivity contribution is 8.00. The molecule has 1 aromatic heterocycles. The third-order valence-electron chi connectivity index (χ3n) is 2.86. The van der Waals surface area contributed by atoms with Crippen molar-refractivity contribution in [3.05, 3.63) is 34.1 Å². The van der Waals surface area contributed by atoms with Gasteiger partial charge in [-0.25, -0.2) is 4.98 Å². The second-order valence-electron chi connectivity index (χ2n) is 4.67. The smallest absolute Gasteiger partial charge is 0.237 e.